The van der Waals surface area contributed by atoms with E-state index < -0.39 is 5.79 Å². The molecule has 2 aromatic carbocycles. The van der Waals surface area contributed by atoms with Gasteiger partial charge in [0, 0.05) is 11.1 Å². The largest absolute Gasteiger partial charge is 0.492 e. The number of ketones is 1. The molecular formula is C22H23NO5. The second-order valence-corrected chi connectivity index (χ2v) is 7.18. The smallest absolute Gasteiger partial charge is 0.292 e. The molecule has 28 heavy (non-hydrogen) atoms. The molecule has 6 nitrogen and oxygen atoms in total. The standard InChI is InChI=1S/C22H23NO5/c1-14-12-15(2)20-19(13-14)22(27-10-11-28-22)21(25)23(20)8-9-26-18-6-4-17(5-7-18)16(3)24/h4-7,12-13H,8-11H2,1-3H3. The second kappa shape index (κ2) is 7.04. The Morgan fingerprint density at radius 3 is 2.46 bits per heavy atom. The fraction of sp³-hybridized carbons (Fsp3) is 0.364. The zero-order valence-electron chi connectivity index (χ0n) is 16.3. The van der Waals surface area contributed by atoms with E-state index in [1.165, 1.54) is 6.92 Å². The summed E-state index contributed by atoms with van der Waals surface area (Å²) in [6, 6.07) is 11.0. The number of carbonyl (C=O) groups excluding carboxylic acids is 2. The zero-order chi connectivity index (χ0) is 19.9. The summed E-state index contributed by atoms with van der Waals surface area (Å²) in [6.07, 6.45) is 0. The summed E-state index contributed by atoms with van der Waals surface area (Å²) in [7, 11) is 0. The predicted octanol–water partition coefficient (Wildman–Crippen LogP) is 3.13. The summed E-state index contributed by atoms with van der Waals surface area (Å²) in [5.74, 6) is -0.863. The maximum absolute atomic E-state index is 13.2. The van der Waals surface area contributed by atoms with E-state index in [2.05, 4.69) is 6.07 Å². The lowest BCUT2D eigenvalue weighted by molar-refractivity contribution is -0.180. The molecule has 4 rings (SSSR count). The van der Waals surface area contributed by atoms with Crippen molar-refractivity contribution in [1.82, 2.24) is 0 Å². The van der Waals surface area contributed by atoms with Crippen LogP contribution in [0.2, 0.25) is 0 Å². The summed E-state index contributed by atoms with van der Waals surface area (Å²) in [5, 5.41) is 0. The molecule has 1 amide bonds. The summed E-state index contributed by atoms with van der Waals surface area (Å²) in [4.78, 5) is 26.3. The minimum atomic E-state index is -1.32. The fourth-order valence-electron chi connectivity index (χ4n) is 3.91. The van der Waals surface area contributed by atoms with Crippen LogP contribution in [-0.2, 0) is 20.1 Å². The van der Waals surface area contributed by atoms with Gasteiger partial charge in [0.2, 0.25) is 0 Å². The Hall–Kier alpha value is -2.70. The van der Waals surface area contributed by atoms with Crippen LogP contribution in [-0.4, -0.2) is 38.1 Å². The Morgan fingerprint density at radius 1 is 1.14 bits per heavy atom. The minimum Gasteiger partial charge on any atom is -0.492 e. The van der Waals surface area contributed by atoms with Crippen molar-refractivity contribution in [2.75, 3.05) is 31.3 Å². The van der Waals surface area contributed by atoms with Gasteiger partial charge in [-0.2, -0.15) is 0 Å². The zero-order valence-corrected chi connectivity index (χ0v) is 16.3. The maximum Gasteiger partial charge on any atom is 0.292 e. The molecule has 2 heterocycles. The highest BCUT2D eigenvalue weighted by Crippen LogP contribution is 2.47. The highest BCUT2D eigenvalue weighted by Gasteiger charge is 2.56. The van der Waals surface area contributed by atoms with Crippen molar-refractivity contribution < 1.29 is 23.8 Å². The van der Waals surface area contributed by atoms with Crippen molar-refractivity contribution >= 4 is 17.4 Å². The molecule has 1 spiro atoms. The topological polar surface area (TPSA) is 65.1 Å². The van der Waals surface area contributed by atoms with Gasteiger partial charge in [0.1, 0.15) is 12.4 Å². The Balaban J connectivity index is 1.54. The first-order valence-corrected chi connectivity index (χ1v) is 9.38. The highest BCUT2D eigenvalue weighted by atomic mass is 16.7. The molecule has 0 aliphatic carbocycles. The molecule has 1 saturated heterocycles. The van der Waals surface area contributed by atoms with E-state index in [0.29, 0.717) is 37.7 Å². The van der Waals surface area contributed by atoms with Crippen molar-refractivity contribution in [2.24, 2.45) is 0 Å². The second-order valence-electron chi connectivity index (χ2n) is 7.18. The monoisotopic (exact) mass is 381 g/mol. The molecule has 2 aliphatic rings. The minimum absolute atomic E-state index is 0.0125. The van der Waals surface area contributed by atoms with Crippen LogP contribution in [0.3, 0.4) is 0 Å². The van der Waals surface area contributed by atoms with E-state index in [-0.39, 0.29) is 11.7 Å². The summed E-state index contributed by atoms with van der Waals surface area (Å²) < 4.78 is 17.4. The van der Waals surface area contributed by atoms with E-state index in [4.69, 9.17) is 14.2 Å². The number of hydrogen-bond donors (Lipinski definition) is 0. The maximum atomic E-state index is 13.2. The number of benzene rings is 2. The molecule has 0 unspecified atom stereocenters. The molecule has 0 atom stereocenters. The number of anilines is 1. The van der Waals surface area contributed by atoms with Gasteiger partial charge in [-0.1, -0.05) is 11.6 Å². The Bertz CT molecular complexity index is 929. The SMILES string of the molecule is CC(=O)c1ccc(OCCN2C(=O)C3(OCCO3)c3cc(C)cc(C)c32)cc1. The third kappa shape index (κ3) is 2.99. The van der Waals surface area contributed by atoms with Crippen LogP contribution >= 0.6 is 0 Å². The summed E-state index contributed by atoms with van der Waals surface area (Å²) >= 11 is 0. The van der Waals surface area contributed by atoms with Crippen molar-refractivity contribution in [3.8, 4) is 5.75 Å². The molecule has 6 heteroatoms. The van der Waals surface area contributed by atoms with E-state index in [1.54, 1.807) is 29.2 Å². The van der Waals surface area contributed by atoms with E-state index in [9.17, 15) is 9.59 Å². The third-order valence-corrected chi connectivity index (χ3v) is 5.13. The highest BCUT2D eigenvalue weighted by molar-refractivity contribution is 6.07. The molecule has 0 radical (unpaired) electrons. The number of amides is 1. The number of aryl methyl sites for hydroxylation is 2. The van der Waals surface area contributed by atoms with Crippen molar-refractivity contribution in [3.05, 3.63) is 58.7 Å². The van der Waals surface area contributed by atoms with E-state index in [0.717, 1.165) is 22.4 Å². The van der Waals surface area contributed by atoms with Gasteiger partial charge in [-0.3, -0.25) is 9.59 Å². The van der Waals surface area contributed by atoms with Gasteiger partial charge in [0.05, 0.1) is 25.4 Å². The van der Waals surface area contributed by atoms with Crippen molar-refractivity contribution in [1.29, 1.82) is 0 Å². The average molecular weight is 381 g/mol. The average Bonchev–Trinajstić information content (AvgIpc) is 3.23. The van der Waals surface area contributed by atoms with Gasteiger partial charge < -0.3 is 19.1 Å². The first-order valence-electron chi connectivity index (χ1n) is 9.38. The van der Waals surface area contributed by atoms with Gasteiger partial charge in [0.15, 0.2) is 5.78 Å². The molecule has 0 aromatic heterocycles. The first kappa shape index (κ1) is 18.7. The normalized spacial score (nSPS) is 17.2. The van der Waals surface area contributed by atoms with Gasteiger partial charge in [-0.25, -0.2) is 0 Å². The van der Waals surface area contributed by atoms with E-state index in [1.807, 2.05) is 19.9 Å². The predicted molar refractivity (Wildman–Crippen MR) is 104 cm³/mol. The Kier molecular flexibility index (Phi) is 4.69. The molecular weight excluding hydrogens is 358 g/mol. The summed E-state index contributed by atoms with van der Waals surface area (Å²) in [6.45, 7) is 6.99. The number of carbonyl (C=O) groups is 2. The van der Waals surface area contributed by atoms with Crippen LogP contribution in [0.1, 0.15) is 34.0 Å². The Morgan fingerprint density at radius 2 is 1.82 bits per heavy atom. The van der Waals surface area contributed by atoms with Crippen molar-refractivity contribution in [3.63, 3.8) is 0 Å². The van der Waals surface area contributed by atoms with Crippen LogP contribution in [0, 0.1) is 13.8 Å². The molecule has 1 fully saturated rings. The number of hydrogen-bond acceptors (Lipinski definition) is 5. The molecule has 0 saturated carbocycles. The fourth-order valence-corrected chi connectivity index (χ4v) is 3.91. The van der Waals surface area contributed by atoms with Crippen LogP contribution in [0.4, 0.5) is 5.69 Å². The van der Waals surface area contributed by atoms with Gasteiger partial charge in [-0.15, -0.1) is 0 Å². The lowest BCUT2D eigenvalue weighted by Crippen LogP contribution is -2.42. The number of fused-ring (bicyclic) bond motifs is 2. The van der Waals surface area contributed by atoms with E-state index >= 15 is 0 Å². The van der Waals surface area contributed by atoms with Crippen LogP contribution in [0.25, 0.3) is 0 Å². The number of Topliss-reactive ketones (excluding diaryl/α,β-unsaturated/α-hetero) is 1. The Labute approximate surface area is 164 Å². The number of rotatable bonds is 5. The number of nitrogens with zero attached hydrogens (tertiary/aromatic N) is 1. The third-order valence-electron chi connectivity index (χ3n) is 5.13. The lowest BCUT2D eigenvalue weighted by Gasteiger charge is -2.22. The molecule has 0 bridgehead atoms. The molecule has 0 N–H and O–H groups in total. The van der Waals surface area contributed by atoms with Crippen molar-refractivity contribution in [2.45, 2.75) is 26.6 Å². The van der Waals surface area contributed by atoms with Crippen LogP contribution in [0.5, 0.6) is 5.75 Å². The quantitative estimate of drug-likeness (QED) is 0.745. The first-order chi connectivity index (χ1) is 13.4. The molecule has 146 valence electrons. The van der Waals surface area contributed by atoms with Crippen LogP contribution in [0.15, 0.2) is 36.4 Å². The van der Waals surface area contributed by atoms with Gasteiger partial charge in [0.25, 0.3) is 11.7 Å². The van der Waals surface area contributed by atoms with Gasteiger partial charge in [-0.05, 0) is 56.7 Å². The van der Waals surface area contributed by atoms with Gasteiger partial charge >= 0.3 is 0 Å². The number of ether oxygens (including phenoxy) is 3. The summed E-state index contributed by atoms with van der Waals surface area (Å²) in [5.41, 5.74) is 4.32. The van der Waals surface area contributed by atoms with Crippen LogP contribution < -0.4 is 9.64 Å². The molecule has 2 aromatic rings. The molecule has 2 aliphatic heterocycles. The lowest BCUT2D eigenvalue weighted by atomic mass is 10.0.